The second kappa shape index (κ2) is 8.38. The summed E-state index contributed by atoms with van der Waals surface area (Å²) in [5.74, 6) is -0.712. The van der Waals surface area contributed by atoms with Crippen LogP contribution in [0.25, 0.3) is 0 Å². The molecule has 0 saturated carbocycles. The molecule has 0 aromatic rings. The third-order valence-electron chi connectivity index (χ3n) is 3.35. The number of nitrogens with zero attached hydrogens (tertiary/aromatic N) is 1. The highest BCUT2D eigenvalue weighted by molar-refractivity contribution is 7.53. The Morgan fingerprint density at radius 2 is 1.89 bits per heavy atom. The van der Waals surface area contributed by atoms with Crippen LogP contribution in [-0.2, 0) is 9.09 Å². The molecule has 0 radical (unpaired) electrons. The van der Waals surface area contributed by atoms with Crippen molar-refractivity contribution in [2.75, 3.05) is 34.3 Å². The minimum Gasteiger partial charge on any atom is -0.329 e. The molecule has 0 aromatic carbocycles. The van der Waals surface area contributed by atoms with E-state index in [2.05, 4.69) is 6.92 Å². The molecule has 0 aliphatic carbocycles. The van der Waals surface area contributed by atoms with E-state index in [4.69, 9.17) is 10.3 Å². The number of likely N-dealkylation sites (N-methyl/N-ethyl adjacent to an activating group) is 1. The lowest BCUT2D eigenvalue weighted by Crippen LogP contribution is -2.38. The van der Waals surface area contributed by atoms with Crippen molar-refractivity contribution in [3.8, 4) is 0 Å². The van der Waals surface area contributed by atoms with E-state index in [-0.39, 0.29) is 12.5 Å². The maximum absolute atomic E-state index is 12.2. The zero-order chi connectivity index (χ0) is 15.1. The molecule has 0 aliphatic rings. The molecule has 6 heteroatoms. The van der Waals surface area contributed by atoms with Gasteiger partial charge in [0.15, 0.2) is 0 Å². The van der Waals surface area contributed by atoms with E-state index in [1.54, 1.807) is 0 Å². The van der Waals surface area contributed by atoms with Gasteiger partial charge in [0.2, 0.25) is 0 Å². The van der Waals surface area contributed by atoms with E-state index in [9.17, 15) is 9.46 Å². The topological polar surface area (TPSA) is 72.6 Å². The van der Waals surface area contributed by atoms with Crippen LogP contribution in [0, 0.1) is 5.92 Å². The van der Waals surface area contributed by atoms with E-state index in [0.717, 1.165) is 25.7 Å². The quantitative estimate of drug-likeness (QED) is 0.479. The molecule has 0 fully saturated rings. The van der Waals surface area contributed by atoms with Gasteiger partial charge in [-0.15, -0.1) is 0 Å². The second-order valence-corrected chi connectivity index (χ2v) is 8.20. The summed E-state index contributed by atoms with van der Waals surface area (Å²) < 4.78 is 18.1. The molecule has 19 heavy (non-hydrogen) atoms. The van der Waals surface area contributed by atoms with Gasteiger partial charge in [-0.25, -0.2) is 0 Å². The molecule has 5 nitrogen and oxygen atoms in total. The summed E-state index contributed by atoms with van der Waals surface area (Å²) in [5, 5.41) is 0. The zero-order valence-corrected chi connectivity index (χ0v) is 14.0. The van der Waals surface area contributed by atoms with Crippen molar-refractivity contribution in [3.63, 3.8) is 0 Å². The second-order valence-electron chi connectivity index (χ2n) is 6.21. The molecule has 0 bridgehead atoms. The van der Waals surface area contributed by atoms with Gasteiger partial charge in [-0.2, -0.15) is 0 Å². The standard InChI is InChI=1S/C13H31N2O3P/c1-6-8-9-12(7-2)13(14)19(16,17)18-11-10-15(3,4)5/h12-13H,6-11,14H2,1-5H3/p+1. The van der Waals surface area contributed by atoms with Crippen LogP contribution in [-0.4, -0.2) is 49.5 Å². The molecule has 0 rings (SSSR count). The predicted molar refractivity (Wildman–Crippen MR) is 80.0 cm³/mol. The number of nitrogens with two attached hydrogens (primary N) is 1. The average Bonchev–Trinajstić information content (AvgIpc) is 2.27. The van der Waals surface area contributed by atoms with Gasteiger partial charge < -0.3 is 19.6 Å². The van der Waals surface area contributed by atoms with Gasteiger partial charge >= 0.3 is 7.60 Å². The normalized spacial score (nSPS) is 18.9. The van der Waals surface area contributed by atoms with Crippen LogP contribution in [0.3, 0.4) is 0 Å². The number of hydrogen-bond donors (Lipinski definition) is 2. The Morgan fingerprint density at radius 3 is 2.32 bits per heavy atom. The van der Waals surface area contributed by atoms with Gasteiger partial charge in [-0.3, -0.25) is 4.57 Å². The Balaban J connectivity index is 4.39. The van der Waals surface area contributed by atoms with Gasteiger partial charge in [0.1, 0.15) is 18.9 Å². The highest BCUT2D eigenvalue weighted by Gasteiger charge is 2.34. The fraction of sp³-hybridized carbons (Fsp3) is 1.00. The lowest BCUT2D eigenvalue weighted by Gasteiger charge is -2.28. The molecule has 0 spiro atoms. The van der Waals surface area contributed by atoms with Crippen molar-refractivity contribution >= 4 is 7.60 Å². The first-order chi connectivity index (χ1) is 8.64. The lowest BCUT2D eigenvalue weighted by atomic mass is 9.99. The van der Waals surface area contributed by atoms with Crippen molar-refractivity contribution in [1.29, 1.82) is 0 Å². The first kappa shape index (κ1) is 19.1. The number of quaternary nitrogens is 1. The van der Waals surface area contributed by atoms with Crippen LogP contribution in [0.2, 0.25) is 0 Å². The summed E-state index contributed by atoms with van der Waals surface area (Å²) in [6.45, 7) is 5.05. The smallest absolute Gasteiger partial charge is 0.329 e. The Labute approximate surface area is 118 Å². The van der Waals surface area contributed by atoms with Gasteiger partial charge in [0.05, 0.1) is 21.1 Å². The van der Waals surface area contributed by atoms with Gasteiger partial charge in [-0.1, -0.05) is 33.1 Å². The molecule has 0 aromatic heterocycles. The lowest BCUT2D eigenvalue weighted by molar-refractivity contribution is -0.870. The molecule has 0 saturated heterocycles. The predicted octanol–water partition coefficient (Wildman–Crippen LogP) is 2.40. The monoisotopic (exact) mass is 295 g/mol. The molecule has 0 amide bonds. The summed E-state index contributed by atoms with van der Waals surface area (Å²) in [5.41, 5.74) is 5.95. The van der Waals surface area contributed by atoms with E-state index >= 15 is 0 Å². The first-order valence-electron chi connectivity index (χ1n) is 7.17. The molecule has 0 heterocycles. The SMILES string of the molecule is CCCCC(CC)C(N)P(=O)(O)OCC[N+](C)(C)C. The minimum absolute atomic E-state index is 0.0555. The fourth-order valence-electron chi connectivity index (χ4n) is 1.88. The van der Waals surface area contributed by atoms with Gasteiger partial charge in [0, 0.05) is 0 Å². The number of hydrogen-bond acceptors (Lipinski definition) is 3. The van der Waals surface area contributed by atoms with Crippen LogP contribution in [0.4, 0.5) is 0 Å². The van der Waals surface area contributed by atoms with E-state index in [1.165, 1.54) is 0 Å². The average molecular weight is 295 g/mol. The van der Waals surface area contributed by atoms with Crippen molar-refractivity contribution in [2.45, 2.75) is 45.3 Å². The minimum atomic E-state index is -3.71. The van der Waals surface area contributed by atoms with Crippen LogP contribution >= 0.6 is 7.60 Å². The number of rotatable bonds is 10. The zero-order valence-electron chi connectivity index (χ0n) is 13.1. The van der Waals surface area contributed by atoms with Crippen molar-refractivity contribution in [3.05, 3.63) is 0 Å². The molecule has 3 unspecified atom stereocenters. The van der Waals surface area contributed by atoms with Crippen molar-refractivity contribution in [1.82, 2.24) is 0 Å². The summed E-state index contributed by atoms with van der Waals surface area (Å²) in [6, 6.07) is 0. The van der Waals surface area contributed by atoms with Crippen LogP contribution < -0.4 is 5.73 Å². The highest BCUT2D eigenvalue weighted by atomic mass is 31.2. The molecule has 0 aliphatic heterocycles. The maximum Gasteiger partial charge on any atom is 0.345 e. The van der Waals surface area contributed by atoms with Crippen molar-refractivity contribution in [2.24, 2.45) is 11.7 Å². The Morgan fingerprint density at radius 1 is 1.32 bits per heavy atom. The van der Waals surface area contributed by atoms with Crippen molar-refractivity contribution < 1.29 is 18.5 Å². The summed E-state index contributed by atoms with van der Waals surface area (Å²) in [7, 11) is 2.33. The molecule has 116 valence electrons. The Kier molecular flexibility index (Phi) is 8.41. The highest BCUT2D eigenvalue weighted by Crippen LogP contribution is 2.49. The van der Waals surface area contributed by atoms with Gasteiger partial charge in [0.25, 0.3) is 0 Å². The van der Waals surface area contributed by atoms with E-state index < -0.39 is 13.4 Å². The third-order valence-corrected chi connectivity index (χ3v) is 5.08. The summed E-state index contributed by atoms with van der Waals surface area (Å²) in [6.07, 6.45) is 3.80. The molecule has 3 N–H and O–H groups in total. The Hall–Kier alpha value is 0.0700. The summed E-state index contributed by atoms with van der Waals surface area (Å²) in [4.78, 5) is 9.98. The van der Waals surface area contributed by atoms with Crippen LogP contribution in [0.15, 0.2) is 0 Å². The Bertz CT molecular complexity index is 292. The van der Waals surface area contributed by atoms with E-state index in [1.807, 2.05) is 28.1 Å². The summed E-state index contributed by atoms with van der Waals surface area (Å²) >= 11 is 0. The van der Waals surface area contributed by atoms with Gasteiger partial charge in [-0.05, 0) is 12.3 Å². The molecular weight excluding hydrogens is 263 g/mol. The van der Waals surface area contributed by atoms with Crippen LogP contribution in [0.5, 0.6) is 0 Å². The largest absolute Gasteiger partial charge is 0.345 e. The third kappa shape index (κ3) is 8.05. The number of unbranched alkanes of at least 4 members (excludes halogenated alkanes) is 1. The fourth-order valence-corrected chi connectivity index (χ4v) is 3.29. The molecular formula is C13H32N2O3P+. The molecule has 3 atom stereocenters. The van der Waals surface area contributed by atoms with Crippen LogP contribution in [0.1, 0.15) is 39.5 Å². The maximum atomic E-state index is 12.2. The first-order valence-corrected chi connectivity index (χ1v) is 8.81. The van der Waals surface area contributed by atoms with E-state index in [0.29, 0.717) is 11.0 Å².